The van der Waals surface area contributed by atoms with Gasteiger partial charge in [-0.15, -0.1) is 0 Å². The van der Waals surface area contributed by atoms with Gasteiger partial charge < -0.3 is 29.8 Å². The van der Waals surface area contributed by atoms with Gasteiger partial charge in [0.15, 0.2) is 5.79 Å². The number of nitrogen functional groups attached to an aromatic ring is 1. The molecule has 0 spiro atoms. The number of ether oxygens (including phenoxy) is 4. The monoisotopic (exact) mass is 547 g/mol. The Morgan fingerprint density at radius 1 is 0.707 bits per heavy atom. The Kier molecular flexibility index (Phi) is 6.25. The molecular formula is C35H33NO5. The zero-order chi connectivity index (χ0) is 28.1. The van der Waals surface area contributed by atoms with Crippen LogP contribution in [0.5, 0.6) is 17.2 Å². The van der Waals surface area contributed by atoms with Crippen LogP contribution in [0.2, 0.25) is 0 Å². The number of rotatable bonds is 1. The van der Waals surface area contributed by atoms with Gasteiger partial charge in [0.05, 0.1) is 25.4 Å². The summed E-state index contributed by atoms with van der Waals surface area (Å²) in [6, 6.07) is 27.9. The molecule has 1 saturated heterocycles. The van der Waals surface area contributed by atoms with Crippen LogP contribution in [0.3, 0.4) is 0 Å². The number of phenolic OH excluding ortho intramolecular Hbond substituents is 1. The Labute approximate surface area is 239 Å². The molecule has 0 aliphatic carbocycles. The lowest BCUT2D eigenvalue weighted by molar-refractivity contribution is -0.147. The van der Waals surface area contributed by atoms with Crippen LogP contribution >= 0.6 is 0 Å². The number of nitrogens with two attached hydrogens (primary N) is 1. The van der Waals surface area contributed by atoms with Crippen LogP contribution in [0.1, 0.15) is 26.7 Å². The summed E-state index contributed by atoms with van der Waals surface area (Å²) >= 11 is 0. The summed E-state index contributed by atoms with van der Waals surface area (Å²) in [6.07, 6.45) is 1.17. The van der Waals surface area contributed by atoms with E-state index >= 15 is 0 Å². The van der Waals surface area contributed by atoms with Crippen LogP contribution in [0.4, 0.5) is 5.69 Å². The van der Waals surface area contributed by atoms with Gasteiger partial charge in [0, 0.05) is 35.2 Å². The minimum absolute atomic E-state index is 0.0928. The second-order valence-corrected chi connectivity index (χ2v) is 11.3. The molecule has 0 amide bonds. The first-order valence-corrected chi connectivity index (χ1v) is 14.2. The van der Waals surface area contributed by atoms with E-state index in [1.165, 1.54) is 0 Å². The lowest BCUT2D eigenvalue weighted by atomic mass is 9.88. The Morgan fingerprint density at radius 3 is 1.95 bits per heavy atom. The van der Waals surface area contributed by atoms with Crippen LogP contribution in [0, 0.1) is 0 Å². The van der Waals surface area contributed by atoms with E-state index in [1.807, 2.05) is 98.8 Å². The first-order chi connectivity index (χ1) is 19.9. The van der Waals surface area contributed by atoms with Gasteiger partial charge in [-0.3, -0.25) is 0 Å². The molecule has 1 fully saturated rings. The smallest absolute Gasteiger partial charge is 0.163 e. The Bertz CT molecular complexity index is 1760. The lowest BCUT2D eigenvalue weighted by Crippen LogP contribution is -2.26. The van der Waals surface area contributed by atoms with Crippen molar-refractivity contribution < 1.29 is 24.1 Å². The molecule has 41 heavy (non-hydrogen) atoms. The maximum atomic E-state index is 12.0. The molecule has 0 unspecified atom stereocenters. The highest BCUT2D eigenvalue weighted by Gasteiger charge is 2.40. The van der Waals surface area contributed by atoms with E-state index in [1.54, 1.807) is 0 Å². The fourth-order valence-electron chi connectivity index (χ4n) is 6.21. The number of phenols is 1. The fraction of sp³-hybridized carbons (Fsp3) is 0.257. The van der Waals surface area contributed by atoms with E-state index in [-0.39, 0.29) is 18.0 Å². The van der Waals surface area contributed by atoms with Gasteiger partial charge in [-0.05, 0) is 77.4 Å². The van der Waals surface area contributed by atoms with Crippen molar-refractivity contribution in [2.75, 3.05) is 18.9 Å². The largest absolute Gasteiger partial charge is 0.507 e. The summed E-state index contributed by atoms with van der Waals surface area (Å²) in [5, 5.41) is 15.7. The van der Waals surface area contributed by atoms with E-state index in [0.717, 1.165) is 49.7 Å². The van der Waals surface area contributed by atoms with Crippen molar-refractivity contribution in [2.45, 2.75) is 44.7 Å². The second-order valence-electron chi connectivity index (χ2n) is 11.3. The predicted molar refractivity (Wildman–Crippen MR) is 162 cm³/mol. The topological polar surface area (TPSA) is 83.2 Å². The summed E-state index contributed by atoms with van der Waals surface area (Å²) in [6.45, 7) is 4.83. The van der Waals surface area contributed by atoms with Crippen molar-refractivity contribution in [3.05, 3.63) is 84.9 Å². The van der Waals surface area contributed by atoms with Crippen molar-refractivity contribution in [3.8, 4) is 39.5 Å². The van der Waals surface area contributed by atoms with Gasteiger partial charge in [-0.1, -0.05) is 48.5 Å². The molecule has 2 heterocycles. The lowest BCUT2D eigenvalue weighted by Gasteiger charge is -2.20. The van der Waals surface area contributed by atoms with Crippen molar-refractivity contribution in [2.24, 2.45) is 0 Å². The molecule has 2 atom stereocenters. The molecule has 0 radical (unpaired) electrons. The number of aromatic hydroxyl groups is 1. The van der Waals surface area contributed by atoms with Crippen molar-refractivity contribution in [1.82, 2.24) is 0 Å². The van der Waals surface area contributed by atoms with Gasteiger partial charge in [0.1, 0.15) is 17.2 Å². The highest BCUT2D eigenvalue weighted by Crippen LogP contribution is 2.48. The maximum Gasteiger partial charge on any atom is 0.163 e. The maximum absolute atomic E-state index is 12.0. The fourth-order valence-corrected chi connectivity index (χ4v) is 6.21. The Balaban J connectivity index is 1.46. The molecule has 7 rings (SSSR count). The zero-order valence-electron chi connectivity index (χ0n) is 23.2. The number of fused-ring (bicyclic) bond motifs is 4. The Morgan fingerprint density at radius 2 is 1.29 bits per heavy atom. The van der Waals surface area contributed by atoms with E-state index in [9.17, 15) is 5.11 Å². The van der Waals surface area contributed by atoms with Gasteiger partial charge in [0.25, 0.3) is 0 Å². The van der Waals surface area contributed by atoms with Gasteiger partial charge in [-0.2, -0.15) is 0 Å². The van der Waals surface area contributed by atoms with Crippen LogP contribution in [0.15, 0.2) is 84.9 Å². The minimum Gasteiger partial charge on any atom is -0.507 e. The Hall–Kier alpha value is -4.26. The quantitative estimate of drug-likeness (QED) is 0.209. The molecule has 208 valence electrons. The molecule has 0 aromatic heterocycles. The van der Waals surface area contributed by atoms with Crippen LogP contribution in [-0.2, 0) is 9.47 Å². The highest BCUT2D eigenvalue weighted by molar-refractivity contribution is 6.13. The molecule has 6 nitrogen and oxygen atoms in total. The first-order valence-electron chi connectivity index (χ1n) is 14.2. The van der Waals surface area contributed by atoms with Crippen LogP contribution in [-0.4, -0.2) is 36.3 Å². The molecule has 6 heteroatoms. The normalized spacial score (nSPS) is 20.1. The third-order valence-corrected chi connectivity index (χ3v) is 8.07. The zero-order valence-corrected chi connectivity index (χ0v) is 23.2. The van der Waals surface area contributed by atoms with Crippen molar-refractivity contribution in [1.29, 1.82) is 0 Å². The highest BCUT2D eigenvalue weighted by atomic mass is 16.8. The SMILES string of the molecule is CC1(C)O[C@@H]2CCOc3ccc4ccc(N)c(c4c3)-c3c(O)c(-c4ccccc4)cc4ccc(cc34)OCC[C@H]2O1. The second kappa shape index (κ2) is 9.98. The number of hydrogen-bond donors (Lipinski definition) is 2. The number of benzene rings is 5. The standard InChI is InChI=1S/C35H33NO5/c1-35(2)40-30-14-16-38-24-11-8-22-10-13-29(36)32(26(22)19-24)33-27-20-25(39-17-15-31(30)41-35)12-9-23(27)18-28(34(33)37)21-6-4-3-5-7-21/h3-13,18-20,30-31,37H,14-17,36H2,1-2H3/t30-,31-/m1/s1. The van der Waals surface area contributed by atoms with Crippen molar-refractivity contribution >= 4 is 27.2 Å². The molecule has 3 N–H and O–H groups in total. The summed E-state index contributed by atoms with van der Waals surface area (Å²) in [7, 11) is 0. The van der Waals surface area contributed by atoms with E-state index in [4.69, 9.17) is 24.7 Å². The van der Waals surface area contributed by atoms with Gasteiger partial charge in [-0.25, -0.2) is 0 Å². The average Bonchev–Trinajstić information content (AvgIpc) is 3.26. The summed E-state index contributed by atoms with van der Waals surface area (Å²) < 4.78 is 24.9. The molecule has 2 aliphatic heterocycles. The molecular weight excluding hydrogens is 514 g/mol. The molecule has 4 bridgehead atoms. The molecule has 5 aromatic rings. The summed E-state index contributed by atoms with van der Waals surface area (Å²) in [5.74, 6) is 0.974. The third kappa shape index (κ3) is 4.73. The van der Waals surface area contributed by atoms with E-state index in [2.05, 4.69) is 0 Å². The number of hydrogen-bond acceptors (Lipinski definition) is 6. The van der Waals surface area contributed by atoms with Gasteiger partial charge in [0.2, 0.25) is 0 Å². The minimum atomic E-state index is -0.653. The van der Waals surface area contributed by atoms with Crippen LogP contribution in [0.25, 0.3) is 43.8 Å². The third-order valence-electron chi connectivity index (χ3n) is 8.07. The van der Waals surface area contributed by atoms with E-state index in [0.29, 0.717) is 37.3 Å². The van der Waals surface area contributed by atoms with Crippen LogP contribution < -0.4 is 15.2 Å². The molecule has 5 aromatic carbocycles. The summed E-state index contributed by atoms with van der Waals surface area (Å²) in [4.78, 5) is 0. The van der Waals surface area contributed by atoms with E-state index < -0.39 is 5.79 Å². The number of anilines is 1. The average molecular weight is 548 g/mol. The molecule has 0 saturated carbocycles. The first kappa shape index (κ1) is 25.7. The predicted octanol–water partition coefficient (Wildman–Crippen LogP) is 7.69. The molecule has 2 aliphatic rings. The van der Waals surface area contributed by atoms with Crippen molar-refractivity contribution in [3.63, 3.8) is 0 Å². The summed E-state index contributed by atoms with van der Waals surface area (Å²) in [5.41, 5.74) is 10.4. The van der Waals surface area contributed by atoms with Gasteiger partial charge >= 0.3 is 0 Å².